The number of benzene rings is 1. The van der Waals surface area contributed by atoms with Gasteiger partial charge in [0.2, 0.25) is 0 Å². The zero-order valence-electron chi connectivity index (χ0n) is 7.05. The van der Waals surface area contributed by atoms with Gasteiger partial charge in [0.15, 0.2) is 0 Å². The van der Waals surface area contributed by atoms with Gasteiger partial charge in [-0.1, -0.05) is 6.07 Å². The van der Waals surface area contributed by atoms with E-state index in [1.165, 1.54) is 0 Å². The largest absolute Gasteiger partial charge is 1.00 e. The van der Waals surface area contributed by atoms with E-state index in [1.807, 2.05) is 6.07 Å². The molecule has 0 fully saturated rings. The Morgan fingerprint density at radius 2 is 1.92 bits per heavy atom. The summed E-state index contributed by atoms with van der Waals surface area (Å²) in [4.78, 5) is 3.08. The Morgan fingerprint density at radius 3 is 2.33 bits per heavy atom. The maximum absolute atomic E-state index is 8.40. The molecule has 0 aliphatic heterocycles. The fourth-order valence-electron chi connectivity index (χ4n) is 0.560. The standard InChI is InChI=1S/C8H2N2.2K/c1-10-8-5-3-2-4-7(8)6-9;;/h2-3H;;/q-2;2*+1. The molecule has 0 unspecified atom stereocenters. The second kappa shape index (κ2) is 9.04. The number of nitriles is 1. The van der Waals surface area contributed by atoms with Crippen molar-refractivity contribution in [2.75, 3.05) is 0 Å². The quantitative estimate of drug-likeness (QED) is 0.311. The molecule has 0 saturated carbocycles. The molecular weight excluding hydrogens is 202 g/mol. The average Bonchev–Trinajstić information content (AvgIpc) is 2.04. The molecule has 12 heavy (non-hydrogen) atoms. The predicted molar refractivity (Wildman–Crippen MR) is 35.1 cm³/mol. The van der Waals surface area contributed by atoms with Crippen LogP contribution >= 0.6 is 0 Å². The molecule has 4 heteroatoms. The van der Waals surface area contributed by atoms with E-state index in [9.17, 15) is 0 Å². The molecule has 0 aliphatic carbocycles. The Kier molecular flexibility index (Phi) is 12.0. The monoisotopic (exact) mass is 204 g/mol. The van der Waals surface area contributed by atoms with Crippen LogP contribution in [0.5, 0.6) is 0 Å². The van der Waals surface area contributed by atoms with Crippen LogP contribution in [0.2, 0.25) is 0 Å². The van der Waals surface area contributed by atoms with E-state index in [2.05, 4.69) is 17.0 Å². The SMILES string of the molecule is [C-]#[N+]c1[c-]cc[c-]c1C#N.[K+].[K+]. The van der Waals surface area contributed by atoms with Gasteiger partial charge in [0, 0.05) is 0 Å². The van der Waals surface area contributed by atoms with E-state index in [0.717, 1.165) is 0 Å². The third-order valence-corrected chi connectivity index (χ3v) is 0.991. The summed E-state index contributed by atoms with van der Waals surface area (Å²) in [5, 5.41) is 8.40. The molecule has 1 aromatic carbocycles. The molecule has 1 rings (SSSR count). The van der Waals surface area contributed by atoms with Gasteiger partial charge < -0.3 is 0 Å². The zero-order valence-corrected chi connectivity index (χ0v) is 13.3. The molecule has 0 aromatic heterocycles. The summed E-state index contributed by atoms with van der Waals surface area (Å²) in [5.74, 6) is 0. The minimum absolute atomic E-state index is 0. The van der Waals surface area contributed by atoms with E-state index < -0.39 is 0 Å². The van der Waals surface area contributed by atoms with Crippen molar-refractivity contribution in [1.29, 1.82) is 5.26 Å². The van der Waals surface area contributed by atoms with Crippen molar-refractivity contribution in [3.8, 4) is 6.07 Å². The maximum Gasteiger partial charge on any atom is 1.00 e. The van der Waals surface area contributed by atoms with Crippen molar-refractivity contribution in [3.63, 3.8) is 0 Å². The van der Waals surface area contributed by atoms with Crippen LogP contribution in [0.4, 0.5) is 5.69 Å². The van der Waals surface area contributed by atoms with Gasteiger partial charge in [-0.2, -0.15) is 6.07 Å². The van der Waals surface area contributed by atoms with Gasteiger partial charge in [0.05, 0.1) is 0 Å². The number of hydrogen-bond donors (Lipinski definition) is 0. The van der Waals surface area contributed by atoms with Crippen LogP contribution < -0.4 is 103 Å². The third-order valence-electron chi connectivity index (χ3n) is 0.991. The van der Waals surface area contributed by atoms with Crippen LogP contribution in [-0.2, 0) is 0 Å². The molecule has 0 amide bonds. The molecule has 0 spiro atoms. The summed E-state index contributed by atoms with van der Waals surface area (Å²) < 4.78 is 0. The Labute approximate surface area is 157 Å². The van der Waals surface area contributed by atoms with E-state index in [-0.39, 0.29) is 114 Å². The first-order valence-corrected chi connectivity index (χ1v) is 2.58. The Bertz CT molecular complexity index is 290. The summed E-state index contributed by atoms with van der Waals surface area (Å²) >= 11 is 0. The second-order valence-electron chi connectivity index (χ2n) is 1.57. The van der Waals surface area contributed by atoms with Gasteiger partial charge in [-0.25, -0.2) is 4.85 Å². The minimum atomic E-state index is 0. The van der Waals surface area contributed by atoms with Crippen LogP contribution in [0, 0.1) is 30.0 Å². The molecule has 0 aliphatic rings. The molecule has 0 N–H and O–H groups in total. The molecule has 0 saturated heterocycles. The van der Waals surface area contributed by atoms with E-state index in [1.54, 1.807) is 12.1 Å². The van der Waals surface area contributed by atoms with E-state index >= 15 is 0 Å². The molecule has 0 heterocycles. The van der Waals surface area contributed by atoms with Crippen LogP contribution in [0.3, 0.4) is 0 Å². The molecule has 1 aromatic rings. The van der Waals surface area contributed by atoms with Crippen LogP contribution in [0.25, 0.3) is 4.85 Å². The Hall–Kier alpha value is 1.47. The van der Waals surface area contributed by atoms with Crippen molar-refractivity contribution in [2.45, 2.75) is 0 Å². The Balaban J connectivity index is 0. The first kappa shape index (κ1) is 15.9. The van der Waals surface area contributed by atoms with Crippen LogP contribution in [0.1, 0.15) is 5.56 Å². The molecular formula is C8H2K2N2. The van der Waals surface area contributed by atoms with Crippen molar-refractivity contribution < 1.29 is 103 Å². The number of rotatable bonds is 0. The number of hydrogen-bond acceptors (Lipinski definition) is 1. The summed E-state index contributed by atoms with van der Waals surface area (Å²) in [6.07, 6.45) is 0. The van der Waals surface area contributed by atoms with Gasteiger partial charge in [-0.15, -0.1) is 5.56 Å². The second-order valence-corrected chi connectivity index (χ2v) is 1.57. The van der Waals surface area contributed by atoms with Gasteiger partial charge >= 0.3 is 103 Å². The maximum atomic E-state index is 8.40. The Morgan fingerprint density at radius 1 is 1.33 bits per heavy atom. The van der Waals surface area contributed by atoms with Gasteiger partial charge in [-0.05, 0) is 0 Å². The van der Waals surface area contributed by atoms with E-state index in [0.29, 0.717) is 0 Å². The van der Waals surface area contributed by atoms with Gasteiger partial charge in [-0.3, -0.25) is 23.5 Å². The fraction of sp³-hybridized carbons (Fsp3) is 0. The van der Waals surface area contributed by atoms with Crippen LogP contribution in [-0.4, -0.2) is 0 Å². The van der Waals surface area contributed by atoms with Gasteiger partial charge in [0.25, 0.3) is 0 Å². The van der Waals surface area contributed by atoms with Crippen molar-refractivity contribution in [2.24, 2.45) is 0 Å². The molecule has 46 valence electrons. The van der Waals surface area contributed by atoms with Gasteiger partial charge in [0.1, 0.15) is 12.3 Å². The average molecular weight is 204 g/mol. The molecule has 2 nitrogen and oxygen atoms in total. The van der Waals surface area contributed by atoms with Crippen LogP contribution in [0.15, 0.2) is 12.1 Å². The first-order chi connectivity index (χ1) is 4.88. The molecule has 0 atom stereocenters. The normalized spacial score (nSPS) is 6.50. The first-order valence-electron chi connectivity index (χ1n) is 2.58. The summed E-state index contributed by atoms with van der Waals surface area (Å²) in [5.41, 5.74) is 0.502. The van der Waals surface area contributed by atoms with Crippen molar-refractivity contribution >= 4 is 5.69 Å². The molecule has 0 radical (unpaired) electrons. The summed E-state index contributed by atoms with van der Waals surface area (Å²) in [6.45, 7) is 6.61. The minimum Gasteiger partial charge on any atom is -0.276 e. The van der Waals surface area contributed by atoms with Crippen molar-refractivity contribution in [3.05, 3.63) is 41.2 Å². The number of nitrogens with zero attached hydrogens (tertiary/aromatic N) is 2. The predicted octanol–water partition coefficient (Wildman–Crippen LogP) is -4.28. The molecule has 0 bridgehead atoms. The topological polar surface area (TPSA) is 28.1 Å². The van der Waals surface area contributed by atoms with Crippen molar-refractivity contribution in [1.82, 2.24) is 0 Å². The van der Waals surface area contributed by atoms with E-state index in [4.69, 9.17) is 11.8 Å². The summed E-state index contributed by atoms with van der Waals surface area (Å²) in [7, 11) is 0. The smallest absolute Gasteiger partial charge is 0.276 e. The zero-order chi connectivity index (χ0) is 7.40. The third kappa shape index (κ3) is 4.64. The summed E-state index contributed by atoms with van der Waals surface area (Å²) in [6, 6.07) is 10.2. The fourth-order valence-corrected chi connectivity index (χ4v) is 0.560.